The van der Waals surface area contributed by atoms with Crippen molar-refractivity contribution in [1.29, 1.82) is 0 Å². The first kappa shape index (κ1) is 15.6. The highest BCUT2D eigenvalue weighted by molar-refractivity contribution is 8.14. The predicted octanol–water partition coefficient (Wildman–Crippen LogP) is 2.58. The van der Waals surface area contributed by atoms with Crippen LogP contribution < -0.4 is 0 Å². The summed E-state index contributed by atoms with van der Waals surface area (Å²) in [6.45, 7) is 0. The van der Waals surface area contributed by atoms with Crippen molar-refractivity contribution in [1.82, 2.24) is 4.90 Å². The summed E-state index contributed by atoms with van der Waals surface area (Å²) in [7, 11) is 3.52. The third-order valence-corrected chi connectivity index (χ3v) is 6.19. The molecule has 0 aromatic heterocycles. The van der Waals surface area contributed by atoms with E-state index in [2.05, 4.69) is 11.9 Å². The molecule has 22 heavy (non-hydrogen) atoms. The number of ether oxygens (including phenoxy) is 1. The van der Waals surface area contributed by atoms with Gasteiger partial charge in [0.2, 0.25) is 5.12 Å². The first-order valence-electron chi connectivity index (χ1n) is 7.67. The number of carbonyl (C=O) groups excluding carboxylic acids is 2. The molecule has 1 aromatic carbocycles. The number of esters is 1. The summed E-state index contributed by atoms with van der Waals surface area (Å²) in [6.07, 6.45) is 2.98. The summed E-state index contributed by atoms with van der Waals surface area (Å²) in [6, 6.07) is 9.96. The minimum atomic E-state index is -0.216. The number of rotatable bonds is 3. The third kappa shape index (κ3) is 2.79. The van der Waals surface area contributed by atoms with Gasteiger partial charge in [0.05, 0.1) is 13.0 Å². The summed E-state index contributed by atoms with van der Waals surface area (Å²) in [5, 5.41) is 0.0531. The summed E-state index contributed by atoms with van der Waals surface area (Å²) in [5.74, 6) is -0.401. The van der Waals surface area contributed by atoms with Gasteiger partial charge in [0.1, 0.15) is 0 Å². The maximum absolute atomic E-state index is 12.5. The molecule has 4 atom stereocenters. The molecular formula is C17H21NO3S. The van der Waals surface area contributed by atoms with Crippen LogP contribution in [0.25, 0.3) is 0 Å². The van der Waals surface area contributed by atoms with E-state index in [0.717, 1.165) is 19.3 Å². The first-order chi connectivity index (χ1) is 10.6. The van der Waals surface area contributed by atoms with Crippen LogP contribution in [0.1, 0.15) is 29.6 Å². The molecule has 118 valence electrons. The molecule has 2 saturated heterocycles. The van der Waals surface area contributed by atoms with Gasteiger partial charge < -0.3 is 4.74 Å². The Balaban J connectivity index is 1.79. The van der Waals surface area contributed by atoms with Crippen molar-refractivity contribution in [3.63, 3.8) is 0 Å². The smallest absolute Gasteiger partial charge is 0.311 e. The zero-order valence-corrected chi connectivity index (χ0v) is 13.7. The summed E-state index contributed by atoms with van der Waals surface area (Å²) in [4.78, 5) is 27.0. The Bertz CT molecular complexity index is 562. The molecule has 4 nitrogen and oxygen atoms in total. The minimum Gasteiger partial charge on any atom is -0.469 e. The maximum atomic E-state index is 12.5. The van der Waals surface area contributed by atoms with Crippen molar-refractivity contribution in [3.05, 3.63) is 35.9 Å². The average Bonchev–Trinajstić information content (AvgIpc) is 2.78. The summed E-state index contributed by atoms with van der Waals surface area (Å²) in [5.41, 5.74) is 0.697. The highest BCUT2D eigenvalue weighted by atomic mass is 32.2. The molecule has 0 N–H and O–H groups in total. The monoisotopic (exact) mass is 319 g/mol. The molecule has 0 radical (unpaired) electrons. The van der Waals surface area contributed by atoms with Crippen LogP contribution in [0.2, 0.25) is 0 Å². The van der Waals surface area contributed by atoms with E-state index in [1.54, 1.807) is 0 Å². The molecule has 2 fully saturated rings. The Morgan fingerprint density at radius 3 is 2.64 bits per heavy atom. The Morgan fingerprint density at radius 1 is 1.23 bits per heavy atom. The van der Waals surface area contributed by atoms with Crippen molar-refractivity contribution in [3.8, 4) is 0 Å². The van der Waals surface area contributed by atoms with E-state index in [9.17, 15) is 9.59 Å². The van der Waals surface area contributed by atoms with Crippen LogP contribution >= 0.6 is 11.8 Å². The van der Waals surface area contributed by atoms with Gasteiger partial charge in [-0.1, -0.05) is 42.1 Å². The van der Waals surface area contributed by atoms with Crippen molar-refractivity contribution >= 4 is 22.8 Å². The minimum absolute atomic E-state index is 0.00820. The molecule has 1 aromatic rings. The lowest BCUT2D eigenvalue weighted by Gasteiger charge is -2.40. The fourth-order valence-electron chi connectivity index (χ4n) is 3.77. The lowest BCUT2D eigenvalue weighted by Crippen LogP contribution is -2.51. The second kappa shape index (κ2) is 6.42. The highest BCUT2D eigenvalue weighted by Gasteiger charge is 2.50. The number of fused-ring (bicyclic) bond motifs is 2. The number of thioether (sulfide) groups is 1. The number of hydrogen-bond donors (Lipinski definition) is 0. The average molecular weight is 319 g/mol. The van der Waals surface area contributed by atoms with Crippen LogP contribution in [0.5, 0.6) is 0 Å². The van der Waals surface area contributed by atoms with Crippen molar-refractivity contribution in [2.45, 2.75) is 36.6 Å². The first-order valence-corrected chi connectivity index (χ1v) is 8.55. The molecule has 0 saturated carbocycles. The van der Waals surface area contributed by atoms with Gasteiger partial charge in [0, 0.05) is 22.9 Å². The molecule has 5 heteroatoms. The molecule has 0 spiro atoms. The lowest BCUT2D eigenvalue weighted by atomic mass is 9.90. The Morgan fingerprint density at radius 2 is 1.95 bits per heavy atom. The topological polar surface area (TPSA) is 46.6 Å². The number of benzene rings is 1. The van der Waals surface area contributed by atoms with Gasteiger partial charge >= 0.3 is 5.97 Å². The number of piperidine rings is 1. The fourth-order valence-corrected chi connectivity index (χ4v) is 5.07. The number of methoxy groups -OCH3 is 1. The van der Waals surface area contributed by atoms with Crippen LogP contribution in [0.4, 0.5) is 0 Å². The Labute approximate surface area is 135 Å². The zero-order chi connectivity index (χ0) is 15.7. The number of carbonyl (C=O) groups is 2. The lowest BCUT2D eigenvalue weighted by molar-refractivity contribution is -0.148. The quantitative estimate of drug-likeness (QED) is 0.801. The van der Waals surface area contributed by atoms with Gasteiger partial charge in [0.25, 0.3) is 0 Å². The van der Waals surface area contributed by atoms with Crippen LogP contribution in [-0.4, -0.2) is 47.5 Å². The standard InChI is InChI=1S/C17H21NO3S/c1-18-12-8-9-13(18)15(16(19)21-2)14(10-12)22-17(20)11-6-4-3-5-7-11/h3-7,12-15H,8-10H2,1-2H3/t12-,13+,14+,15-/m0/s1. The van der Waals surface area contributed by atoms with E-state index in [-0.39, 0.29) is 28.3 Å². The van der Waals surface area contributed by atoms with E-state index < -0.39 is 0 Å². The van der Waals surface area contributed by atoms with Gasteiger partial charge in [0.15, 0.2) is 0 Å². The van der Waals surface area contributed by atoms with E-state index >= 15 is 0 Å². The molecule has 2 bridgehead atoms. The maximum Gasteiger partial charge on any atom is 0.311 e. The van der Waals surface area contributed by atoms with E-state index in [1.807, 2.05) is 30.3 Å². The molecule has 3 rings (SSSR count). The largest absolute Gasteiger partial charge is 0.469 e. The van der Waals surface area contributed by atoms with Gasteiger partial charge in [-0.25, -0.2) is 0 Å². The molecule has 2 heterocycles. The van der Waals surface area contributed by atoms with E-state index in [4.69, 9.17) is 4.74 Å². The zero-order valence-electron chi connectivity index (χ0n) is 12.9. The fraction of sp³-hybridized carbons (Fsp3) is 0.529. The molecule has 0 amide bonds. The SMILES string of the molecule is COC(=O)[C@H]1[C@H]2CC[C@@H](C[C@H]1SC(=O)c1ccccc1)N2C. The van der Waals surface area contributed by atoms with Gasteiger partial charge in [-0.05, 0) is 26.3 Å². The van der Waals surface area contributed by atoms with Gasteiger partial charge in [-0.3, -0.25) is 14.5 Å². The van der Waals surface area contributed by atoms with Gasteiger partial charge in [-0.15, -0.1) is 0 Å². The second-order valence-electron chi connectivity index (χ2n) is 6.06. The molecule has 0 unspecified atom stereocenters. The van der Waals surface area contributed by atoms with E-state index in [1.165, 1.54) is 18.9 Å². The highest BCUT2D eigenvalue weighted by Crippen LogP contribution is 2.44. The Kier molecular flexibility index (Phi) is 4.54. The predicted molar refractivity (Wildman–Crippen MR) is 86.8 cm³/mol. The normalized spacial score (nSPS) is 31.0. The molecule has 2 aliphatic heterocycles. The summed E-state index contributed by atoms with van der Waals surface area (Å²) < 4.78 is 5.02. The van der Waals surface area contributed by atoms with E-state index in [0.29, 0.717) is 11.6 Å². The van der Waals surface area contributed by atoms with Crippen molar-refractivity contribution in [2.24, 2.45) is 5.92 Å². The van der Waals surface area contributed by atoms with Gasteiger partial charge in [-0.2, -0.15) is 0 Å². The number of nitrogens with zero attached hydrogens (tertiary/aromatic N) is 1. The molecular weight excluding hydrogens is 298 g/mol. The van der Waals surface area contributed by atoms with Crippen LogP contribution in [-0.2, 0) is 9.53 Å². The third-order valence-electron chi connectivity index (χ3n) is 4.96. The van der Waals surface area contributed by atoms with Crippen molar-refractivity contribution < 1.29 is 14.3 Å². The molecule has 0 aliphatic carbocycles. The Hall–Kier alpha value is -1.33. The molecule has 2 aliphatic rings. The number of hydrogen-bond acceptors (Lipinski definition) is 5. The second-order valence-corrected chi connectivity index (χ2v) is 7.27. The summed E-state index contributed by atoms with van der Waals surface area (Å²) >= 11 is 1.31. The van der Waals surface area contributed by atoms with Crippen LogP contribution in [0.15, 0.2) is 30.3 Å². The van der Waals surface area contributed by atoms with Crippen LogP contribution in [0, 0.1) is 5.92 Å². The van der Waals surface area contributed by atoms with Crippen molar-refractivity contribution in [2.75, 3.05) is 14.2 Å². The van der Waals surface area contributed by atoms with Crippen LogP contribution in [0.3, 0.4) is 0 Å².